The fraction of sp³-hybridized carbons (Fsp3) is 0.200. The molecule has 0 bridgehead atoms. The van der Waals surface area contributed by atoms with Crippen molar-refractivity contribution in [2.75, 3.05) is 5.32 Å². The van der Waals surface area contributed by atoms with Crippen LogP contribution < -0.4 is 5.32 Å². The minimum Gasteiger partial charge on any atom is -0.362 e. The van der Waals surface area contributed by atoms with Gasteiger partial charge in [-0.05, 0) is 12.3 Å². The highest BCUT2D eigenvalue weighted by atomic mass is 16.1. The molecule has 2 aromatic heterocycles. The van der Waals surface area contributed by atoms with E-state index in [1.54, 1.807) is 24.1 Å². The number of Topliss-reactive ketones (excluding diaryl/α,β-unsaturated/α-hetero) is 1. The first-order chi connectivity index (χ1) is 10.1. The average Bonchev–Trinajstić information content (AvgIpc) is 2.90. The molecular formula is C15H15N5O. The molecule has 0 saturated heterocycles. The zero-order valence-corrected chi connectivity index (χ0v) is 11.9. The summed E-state index contributed by atoms with van der Waals surface area (Å²) in [6.45, 7) is 2.03. The normalized spacial score (nSPS) is 10.8. The summed E-state index contributed by atoms with van der Waals surface area (Å²) >= 11 is 0. The Balaban J connectivity index is 1.96. The number of carbonyl (C=O) groups excluding carboxylic acids is 1. The van der Waals surface area contributed by atoms with E-state index < -0.39 is 0 Å². The molecule has 3 rings (SSSR count). The van der Waals surface area contributed by atoms with Crippen molar-refractivity contribution in [3.8, 4) is 0 Å². The quantitative estimate of drug-likeness (QED) is 0.742. The molecule has 1 aromatic carbocycles. The van der Waals surface area contributed by atoms with Crippen molar-refractivity contribution in [2.24, 2.45) is 7.05 Å². The minimum absolute atomic E-state index is 0.0108. The molecule has 0 aliphatic carbocycles. The summed E-state index contributed by atoms with van der Waals surface area (Å²) < 4.78 is 1.65. The maximum absolute atomic E-state index is 11.7. The third-order valence-electron chi connectivity index (χ3n) is 3.24. The Morgan fingerprint density at radius 1 is 1.24 bits per heavy atom. The van der Waals surface area contributed by atoms with Gasteiger partial charge in [0, 0.05) is 24.2 Å². The first kappa shape index (κ1) is 13.2. The lowest BCUT2D eigenvalue weighted by Crippen LogP contribution is -2.06. The smallest absolute Gasteiger partial charge is 0.169 e. The molecule has 0 atom stereocenters. The average molecular weight is 281 g/mol. The van der Waals surface area contributed by atoms with Gasteiger partial charge in [0.2, 0.25) is 0 Å². The predicted octanol–water partition coefficient (Wildman–Crippen LogP) is 2.18. The molecule has 0 amide bonds. The van der Waals surface area contributed by atoms with Crippen LogP contribution in [-0.4, -0.2) is 25.5 Å². The van der Waals surface area contributed by atoms with E-state index in [1.165, 1.54) is 0 Å². The van der Waals surface area contributed by atoms with Crippen LogP contribution in [0.4, 0.5) is 5.82 Å². The van der Waals surface area contributed by atoms with Crippen LogP contribution in [0, 0.1) is 0 Å². The van der Waals surface area contributed by atoms with Gasteiger partial charge in [-0.15, -0.1) is 0 Å². The summed E-state index contributed by atoms with van der Waals surface area (Å²) in [6, 6.07) is 7.72. The molecule has 0 aliphatic rings. The molecule has 1 N–H and O–H groups in total. The molecule has 0 spiro atoms. The van der Waals surface area contributed by atoms with Gasteiger partial charge in [0.1, 0.15) is 12.1 Å². The van der Waals surface area contributed by atoms with E-state index in [2.05, 4.69) is 20.4 Å². The van der Waals surface area contributed by atoms with Crippen LogP contribution >= 0.6 is 0 Å². The van der Waals surface area contributed by atoms with Crippen LogP contribution in [-0.2, 0) is 13.6 Å². The largest absolute Gasteiger partial charge is 0.362 e. The number of hydrogen-bond acceptors (Lipinski definition) is 5. The van der Waals surface area contributed by atoms with Gasteiger partial charge in [0.05, 0.1) is 6.54 Å². The lowest BCUT2D eigenvalue weighted by atomic mass is 10.0. The lowest BCUT2D eigenvalue weighted by Gasteiger charge is -2.09. The zero-order valence-electron chi connectivity index (χ0n) is 11.9. The third kappa shape index (κ3) is 2.60. The van der Waals surface area contributed by atoms with Crippen LogP contribution in [0.25, 0.3) is 10.8 Å². The summed E-state index contributed by atoms with van der Waals surface area (Å²) in [7, 11) is 1.83. The summed E-state index contributed by atoms with van der Waals surface area (Å²) in [5.74, 6) is 1.43. The van der Waals surface area contributed by atoms with Crippen LogP contribution in [0.15, 0.2) is 36.8 Å². The van der Waals surface area contributed by atoms with Crippen LogP contribution in [0.2, 0.25) is 0 Å². The van der Waals surface area contributed by atoms with Gasteiger partial charge in [0.25, 0.3) is 0 Å². The van der Waals surface area contributed by atoms with Gasteiger partial charge in [0.15, 0.2) is 11.6 Å². The highest BCUT2D eigenvalue weighted by Crippen LogP contribution is 2.24. The first-order valence-electron chi connectivity index (χ1n) is 6.62. The summed E-state index contributed by atoms with van der Waals surface area (Å²) in [5, 5.41) is 9.25. The number of nitrogens with one attached hydrogen (secondary N) is 1. The van der Waals surface area contributed by atoms with Gasteiger partial charge >= 0.3 is 0 Å². The van der Waals surface area contributed by atoms with Gasteiger partial charge < -0.3 is 5.32 Å². The molecule has 21 heavy (non-hydrogen) atoms. The number of pyridine rings is 1. The fourth-order valence-electron chi connectivity index (χ4n) is 2.24. The summed E-state index contributed by atoms with van der Waals surface area (Å²) in [4.78, 5) is 20.2. The number of aromatic nitrogens is 4. The third-order valence-corrected chi connectivity index (χ3v) is 3.24. The number of aryl methyl sites for hydroxylation is 1. The van der Waals surface area contributed by atoms with Crippen LogP contribution in [0.5, 0.6) is 0 Å². The minimum atomic E-state index is 0.0108. The molecule has 6 nitrogen and oxygen atoms in total. The molecule has 2 heterocycles. The molecule has 106 valence electrons. The van der Waals surface area contributed by atoms with Crippen molar-refractivity contribution < 1.29 is 4.79 Å². The molecular weight excluding hydrogens is 266 g/mol. The monoisotopic (exact) mass is 281 g/mol. The Morgan fingerprint density at radius 2 is 2.00 bits per heavy atom. The maximum atomic E-state index is 11.7. The summed E-state index contributed by atoms with van der Waals surface area (Å²) in [6.07, 6.45) is 3.26. The number of hydrogen-bond donors (Lipinski definition) is 1. The number of nitrogens with zero attached hydrogens (tertiary/aromatic N) is 4. The SMILES string of the molecule is CC(=O)c1cnc(NCc2ncn(C)n2)c2ccccc12. The Labute approximate surface area is 121 Å². The number of fused-ring (bicyclic) bond motifs is 1. The van der Waals surface area contributed by atoms with E-state index in [-0.39, 0.29) is 5.78 Å². The molecule has 0 radical (unpaired) electrons. The van der Waals surface area contributed by atoms with Gasteiger partial charge in [-0.2, -0.15) is 5.10 Å². The zero-order chi connectivity index (χ0) is 14.8. The number of carbonyl (C=O) groups is 1. The van der Waals surface area contributed by atoms with E-state index in [9.17, 15) is 4.79 Å². The Bertz CT molecular complexity index is 809. The Morgan fingerprint density at radius 3 is 2.67 bits per heavy atom. The first-order valence-corrected chi connectivity index (χ1v) is 6.62. The Kier molecular flexibility index (Phi) is 3.35. The molecule has 0 saturated carbocycles. The Hall–Kier alpha value is -2.76. The van der Waals surface area contributed by atoms with E-state index >= 15 is 0 Å². The molecule has 0 unspecified atom stereocenters. The molecule has 0 fully saturated rings. The molecule has 0 aliphatic heterocycles. The maximum Gasteiger partial charge on any atom is 0.169 e. The second-order valence-electron chi connectivity index (χ2n) is 4.81. The second-order valence-corrected chi connectivity index (χ2v) is 4.81. The van der Waals surface area contributed by atoms with E-state index in [1.807, 2.05) is 31.3 Å². The van der Waals surface area contributed by atoms with Crippen molar-refractivity contribution in [1.29, 1.82) is 0 Å². The van der Waals surface area contributed by atoms with Crippen molar-refractivity contribution in [3.05, 3.63) is 48.2 Å². The van der Waals surface area contributed by atoms with Crippen molar-refractivity contribution in [2.45, 2.75) is 13.5 Å². The lowest BCUT2D eigenvalue weighted by molar-refractivity contribution is 0.101. The number of ketones is 1. The van der Waals surface area contributed by atoms with E-state index in [0.717, 1.165) is 16.6 Å². The van der Waals surface area contributed by atoms with Gasteiger partial charge in [-0.1, -0.05) is 24.3 Å². The number of anilines is 1. The van der Waals surface area contributed by atoms with Gasteiger partial charge in [-0.25, -0.2) is 9.97 Å². The van der Waals surface area contributed by atoms with Crippen LogP contribution in [0.3, 0.4) is 0 Å². The van der Waals surface area contributed by atoms with Gasteiger partial charge in [-0.3, -0.25) is 9.48 Å². The van der Waals surface area contributed by atoms with Crippen molar-refractivity contribution in [3.63, 3.8) is 0 Å². The highest BCUT2D eigenvalue weighted by Gasteiger charge is 2.10. The highest BCUT2D eigenvalue weighted by molar-refractivity contribution is 6.09. The second kappa shape index (κ2) is 5.32. The summed E-state index contributed by atoms with van der Waals surface area (Å²) in [5.41, 5.74) is 0.632. The van der Waals surface area contributed by atoms with Crippen LogP contribution in [0.1, 0.15) is 23.1 Å². The van der Waals surface area contributed by atoms with Crippen molar-refractivity contribution >= 4 is 22.4 Å². The van der Waals surface area contributed by atoms with E-state index in [0.29, 0.717) is 17.9 Å². The predicted molar refractivity (Wildman–Crippen MR) is 80.1 cm³/mol. The fourth-order valence-corrected chi connectivity index (χ4v) is 2.24. The van der Waals surface area contributed by atoms with E-state index in [4.69, 9.17) is 0 Å². The molecule has 3 aromatic rings. The standard InChI is InChI=1S/C15H15N5O/c1-10(21)13-7-16-15(12-6-4-3-5-11(12)13)17-8-14-18-9-20(2)19-14/h3-7,9H,8H2,1-2H3,(H,16,17). The number of benzene rings is 1. The topological polar surface area (TPSA) is 72.7 Å². The van der Waals surface area contributed by atoms with Crippen molar-refractivity contribution in [1.82, 2.24) is 19.7 Å². The number of rotatable bonds is 4. The molecule has 6 heteroatoms.